The molecule has 0 spiro atoms. The molecule has 0 amide bonds. The van der Waals surface area contributed by atoms with E-state index in [1.54, 1.807) is 25.1 Å². The van der Waals surface area contributed by atoms with Crippen LogP contribution < -0.4 is 0 Å². The van der Waals surface area contributed by atoms with E-state index in [1.165, 1.54) is 0 Å². The summed E-state index contributed by atoms with van der Waals surface area (Å²) >= 11 is 3.31. The predicted molar refractivity (Wildman–Crippen MR) is 61.2 cm³/mol. The summed E-state index contributed by atoms with van der Waals surface area (Å²) in [5.74, 6) is -0.873. The predicted octanol–water partition coefficient (Wildman–Crippen LogP) is 2.62. The van der Waals surface area contributed by atoms with Gasteiger partial charge in [0, 0.05) is 10.9 Å². The second-order valence-electron chi connectivity index (χ2n) is 3.43. The van der Waals surface area contributed by atoms with Crippen molar-refractivity contribution < 1.29 is 19.4 Å². The SMILES string of the molecule is Cc1oc2c(Br)cccc2c1C(O)C(=O)O. The maximum Gasteiger partial charge on any atom is 0.337 e. The number of benzene rings is 1. The third kappa shape index (κ3) is 1.62. The standard InChI is InChI=1S/C11H9BrO4/c1-5-8(9(13)11(14)15)6-3-2-4-7(12)10(6)16-5/h2-4,9,13H,1H3,(H,14,15). The third-order valence-corrected chi connectivity index (χ3v) is 3.02. The topological polar surface area (TPSA) is 70.7 Å². The van der Waals surface area contributed by atoms with Gasteiger partial charge in [-0.2, -0.15) is 0 Å². The molecule has 1 atom stereocenters. The van der Waals surface area contributed by atoms with Gasteiger partial charge in [-0.1, -0.05) is 12.1 Å². The Morgan fingerprint density at radius 3 is 2.81 bits per heavy atom. The van der Waals surface area contributed by atoms with Crippen molar-refractivity contribution in [3.63, 3.8) is 0 Å². The van der Waals surface area contributed by atoms with E-state index in [4.69, 9.17) is 9.52 Å². The molecule has 0 bridgehead atoms. The van der Waals surface area contributed by atoms with Crippen LogP contribution in [-0.2, 0) is 4.79 Å². The second kappa shape index (κ2) is 3.92. The fourth-order valence-corrected chi connectivity index (χ4v) is 2.13. The second-order valence-corrected chi connectivity index (χ2v) is 4.28. The minimum absolute atomic E-state index is 0.309. The molecule has 4 nitrogen and oxygen atoms in total. The first kappa shape index (κ1) is 11.2. The maximum atomic E-state index is 10.8. The number of carboxylic acids is 1. The van der Waals surface area contributed by atoms with Gasteiger partial charge < -0.3 is 14.6 Å². The van der Waals surface area contributed by atoms with Gasteiger partial charge in [0.05, 0.1) is 4.47 Å². The van der Waals surface area contributed by atoms with Crippen LogP contribution in [0.4, 0.5) is 0 Å². The monoisotopic (exact) mass is 284 g/mol. The molecular formula is C11H9BrO4. The highest BCUT2D eigenvalue weighted by Crippen LogP contribution is 2.34. The molecule has 84 valence electrons. The quantitative estimate of drug-likeness (QED) is 0.889. The normalized spacial score (nSPS) is 12.9. The summed E-state index contributed by atoms with van der Waals surface area (Å²) in [5.41, 5.74) is 0.860. The Hall–Kier alpha value is -1.33. The van der Waals surface area contributed by atoms with E-state index in [9.17, 15) is 9.90 Å². The number of fused-ring (bicyclic) bond motifs is 1. The zero-order chi connectivity index (χ0) is 11.9. The molecule has 2 rings (SSSR count). The van der Waals surface area contributed by atoms with Crippen LogP contribution in [0.1, 0.15) is 17.4 Å². The summed E-state index contributed by atoms with van der Waals surface area (Å²) in [6.07, 6.45) is -1.56. The molecule has 0 radical (unpaired) electrons. The largest absolute Gasteiger partial charge is 0.479 e. The molecule has 0 aliphatic rings. The first-order valence-electron chi connectivity index (χ1n) is 4.60. The van der Waals surface area contributed by atoms with Crippen molar-refractivity contribution in [2.45, 2.75) is 13.0 Å². The Balaban J connectivity index is 2.74. The number of rotatable bonds is 2. The van der Waals surface area contributed by atoms with Crippen LogP contribution in [0.5, 0.6) is 0 Å². The van der Waals surface area contributed by atoms with E-state index < -0.39 is 12.1 Å². The van der Waals surface area contributed by atoms with Crippen molar-refractivity contribution in [2.24, 2.45) is 0 Å². The number of aliphatic hydroxyl groups is 1. The van der Waals surface area contributed by atoms with Crippen molar-refractivity contribution in [1.82, 2.24) is 0 Å². The smallest absolute Gasteiger partial charge is 0.337 e. The van der Waals surface area contributed by atoms with Gasteiger partial charge in [0.25, 0.3) is 0 Å². The van der Waals surface area contributed by atoms with Crippen LogP contribution in [0, 0.1) is 6.92 Å². The Labute approximate surface area is 99.6 Å². The highest BCUT2D eigenvalue weighted by Gasteiger charge is 2.24. The van der Waals surface area contributed by atoms with Gasteiger partial charge in [-0.3, -0.25) is 0 Å². The van der Waals surface area contributed by atoms with Gasteiger partial charge in [-0.25, -0.2) is 4.79 Å². The van der Waals surface area contributed by atoms with Crippen molar-refractivity contribution >= 4 is 32.9 Å². The van der Waals surface area contributed by atoms with Gasteiger partial charge in [0.1, 0.15) is 11.3 Å². The first-order chi connectivity index (χ1) is 7.52. The summed E-state index contributed by atoms with van der Waals surface area (Å²) in [4.78, 5) is 10.8. The van der Waals surface area contributed by atoms with Crippen LogP contribution in [0.15, 0.2) is 27.1 Å². The van der Waals surface area contributed by atoms with Crippen molar-refractivity contribution in [1.29, 1.82) is 0 Å². The van der Waals surface area contributed by atoms with E-state index >= 15 is 0 Å². The number of furan rings is 1. The van der Waals surface area contributed by atoms with Crippen LogP contribution >= 0.6 is 15.9 Å². The Morgan fingerprint density at radius 1 is 1.50 bits per heavy atom. The molecule has 0 aliphatic carbocycles. The lowest BCUT2D eigenvalue weighted by Gasteiger charge is -2.03. The summed E-state index contributed by atoms with van der Waals surface area (Å²) in [6.45, 7) is 1.63. The first-order valence-corrected chi connectivity index (χ1v) is 5.40. The summed E-state index contributed by atoms with van der Waals surface area (Å²) in [5, 5.41) is 19.0. The van der Waals surface area contributed by atoms with Crippen LogP contribution in [-0.4, -0.2) is 16.2 Å². The zero-order valence-corrected chi connectivity index (χ0v) is 9.98. The minimum Gasteiger partial charge on any atom is -0.479 e. The highest BCUT2D eigenvalue weighted by molar-refractivity contribution is 9.10. The third-order valence-electron chi connectivity index (χ3n) is 2.40. The van der Waals surface area contributed by atoms with Crippen molar-refractivity contribution in [3.05, 3.63) is 34.0 Å². The van der Waals surface area contributed by atoms with Gasteiger partial charge in [-0.15, -0.1) is 0 Å². The number of hydrogen-bond acceptors (Lipinski definition) is 3. The van der Waals surface area contributed by atoms with Crippen LogP contribution in [0.25, 0.3) is 11.0 Å². The van der Waals surface area contributed by atoms with Crippen LogP contribution in [0.3, 0.4) is 0 Å². The summed E-state index contributed by atoms with van der Waals surface area (Å²) in [7, 11) is 0. The number of aliphatic hydroxyl groups excluding tert-OH is 1. The number of carboxylic acid groups (broad SMARTS) is 1. The number of aliphatic carboxylic acids is 1. The number of carbonyl (C=O) groups is 1. The average molecular weight is 285 g/mol. The number of halogens is 1. The molecule has 0 fully saturated rings. The molecule has 2 aromatic rings. The maximum absolute atomic E-state index is 10.8. The van der Waals surface area contributed by atoms with Crippen molar-refractivity contribution in [2.75, 3.05) is 0 Å². The summed E-state index contributed by atoms with van der Waals surface area (Å²) < 4.78 is 6.16. The molecule has 0 saturated heterocycles. The zero-order valence-electron chi connectivity index (χ0n) is 8.40. The Bertz CT molecular complexity index is 558. The molecule has 5 heteroatoms. The van der Waals surface area contributed by atoms with E-state index in [-0.39, 0.29) is 0 Å². The lowest BCUT2D eigenvalue weighted by molar-refractivity contribution is -0.146. The van der Waals surface area contributed by atoms with E-state index in [0.29, 0.717) is 22.3 Å². The van der Waals surface area contributed by atoms with Gasteiger partial charge in [-0.05, 0) is 28.9 Å². The molecule has 1 aromatic heterocycles. The molecule has 0 saturated carbocycles. The minimum atomic E-state index is -1.56. The molecule has 0 aliphatic heterocycles. The molecule has 2 N–H and O–H groups in total. The summed E-state index contributed by atoms with van der Waals surface area (Å²) in [6, 6.07) is 5.28. The lowest BCUT2D eigenvalue weighted by Crippen LogP contribution is -2.10. The fourth-order valence-electron chi connectivity index (χ4n) is 1.69. The van der Waals surface area contributed by atoms with Gasteiger partial charge in [0.15, 0.2) is 6.10 Å². The van der Waals surface area contributed by atoms with Crippen LogP contribution in [0.2, 0.25) is 0 Å². The van der Waals surface area contributed by atoms with E-state index in [2.05, 4.69) is 15.9 Å². The molecule has 1 aromatic carbocycles. The van der Waals surface area contributed by atoms with Gasteiger partial charge >= 0.3 is 5.97 Å². The number of aryl methyl sites for hydroxylation is 1. The molecular weight excluding hydrogens is 276 g/mol. The number of para-hydroxylation sites is 1. The average Bonchev–Trinajstić information content (AvgIpc) is 2.55. The van der Waals surface area contributed by atoms with E-state index in [1.807, 2.05) is 0 Å². The Kier molecular flexibility index (Phi) is 2.73. The van der Waals surface area contributed by atoms with Crippen molar-refractivity contribution in [3.8, 4) is 0 Å². The molecule has 16 heavy (non-hydrogen) atoms. The Morgan fingerprint density at radius 2 is 2.19 bits per heavy atom. The van der Waals surface area contributed by atoms with Gasteiger partial charge in [0.2, 0.25) is 0 Å². The molecule has 1 heterocycles. The fraction of sp³-hybridized carbons (Fsp3) is 0.182. The highest BCUT2D eigenvalue weighted by atomic mass is 79.9. The molecule has 1 unspecified atom stereocenters. The van der Waals surface area contributed by atoms with E-state index in [0.717, 1.165) is 4.47 Å². The number of hydrogen-bond donors (Lipinski definition) is 2. The lowest BCUT2D eigenvalue weighted by atomic mass is 10.1.